The number of aryl methyl sites for hydroxylation is 1. The molecule has 1 atom stereocenters. The van der Waals surface area contributed by atoms with Gasteiger partial charge < -0.3 is 14.8 Å². The molecule has 0 unspecified atom stereocenters. The number of carboxylic acids is 1. The third kappa shape index (κ3) is 4.67. The van der Waals surface area contributed by atoms with Crippen LogP contribution >= 0.6 is 23.2 Å². The van der Waals surface area contributed by atoms with Gasteiger partial charge in [-0.2, -0.15) is 0 Å². The van der Waals surface area contributed by atoms with E-state index >= 15 is 0 Å². The topological polar surface area (TPSA) is 88.1 Å². The number of H-pyrrole nitrogens is 1. The molecule has 34 heavy (non-hydrogen) atoms. The number of hydrogen-bond donors (Lipinski definition) is 2. The summed E-state index contributed by atoms with van der Waals surface area (Å²) in [6.45, 7) is 9.13. The number of imidazole rings is 1. The molecular formula is C26H25Cl2N3O3. The van der Waals surface area contributed by atoms with E-state index in [9.17, 15) is 9.90 Å². The van der Waals surface area contributed by atoms with Gasteiger partial charge in [-0.25, -0.2) is 14.8 Å². The molecule has 6 nitrogen and oxygen atoms in total. The zero-order chi connectivity index (χ0) is 24.8. The molecule has 0 bridgehead atoms. The first kappa shape index (κ1) is 24.2. The minimum atomic E-state index is -1.24. The van der Waals surface area contributed by atoms with Crippen LogP contribution in [0.2, 0.25) is 10.0 Å². The molecule has 0 aliphatic rings. The lowest BCUT2D eigenvalue weighted by Crippen LogP contribution is -2.28. The lowest BCUT2D eigenvalue weighted by atomic mass is 9.89. The zero-order valence-corrected chi connectivity index (χ0v) is 21.0. The summed E-state index contributed by atoms with van der Waals surface area (Å²) >= 11 is 12.7. The number of halogens is 2. The number of benzene rings is 2. The molecule has 0 spiro atoms. The second-order valence-electron chi connectivity index (χ2n) is 9.13. The first-order valence-electron chi connectivity index (χ1n) is 10.8. The third-order valence-corrected chi connectivity index (χ3v) is 6.00. The maximum absolute atomic E-state index is 12.4. The number of aromatic amines is 1. The number of hydrogen-bond acceptors (Lipinski definition) is 4. The van der Waals surface area contributed by atoms with Gasteiger partial charge in [0.05, 0.1) is 16.6 Å². The van der Waals surface area contributed by atoms with Crippen molar-refractivity contribution in [2.45, 2.75) is 46.3 Å². The number of aliphatic carboxylic acids is 1. The summed E-state index contributed by atoms with van der Waals surface area (Å²) in [5.74, 6) is -0.542. The Morgan fingerprint density at radius 3 is 2.44 bits per heavy atom. The number of pyridine rings is 1. The first-order valence-corrected chi connectivity index (χ1v) is 11.5. The normalized spacial score (nSPS) is 12.8. The Balaban J connectivity index is 2.04. The highest BCUT2D eigenvalue weighted by Gasteiger charge is 2.33. The monoisotopic (exact) mass is 497 g/mol. The Labute approximate surface area is 207 Å². The molecule has 2 heterocycles. The first-order chi connectivity index (χ1) is 16.0. The molecule has 4 rings (SSSR count). The fraction of sp³-hybridized carbons (Fsp3) is 0.269. The average molecular weight is 498 g/mol. The molecular weight excluding hydrogens is 473 g/mol. The molecule has 2 aromatic heterocycles. The molecule has 0 radical (unpaired) electrons. The van der Waals surface area contributed by atoms with Gasteiger partial charge in [0, 0.05) is 26.9 Å². The third-order valence-electron chi connectivity index (χ3n) is 5.44. The van der Waals surface area contributed by atoms with Gasteiger partial charge in [0.25, 0.3) is 0 Å². The minimum Gasteiger partial charge on any atom is -0.479 e. The maximum Gasteiger partial charge on any atom is 0.337 e. The van der Waals surface area contributed by atoms with E-state index in [1.165, 1.54) is 0 Å². The van der Waals surface area contributed by atoms with Crippen LogP contribution < -0.4 is 0 Å². The number of ether oxygens (including phenoxy) is 1. The summed E-state index contributed by atoms with van der Waals surface area (Å²) in [7, 11) is 0. The lowest BCUT2D eigenvalue weighted by Gasteiger charge is -2.28. The van der Waals surface area contributed by atoms with Crippen molar-refractivity contribution in [3.8, 4) is 22.6 Å². The molecule has 0 fully saturated rings. The second kappa shape index (κ2) is 9.02. The van der Waals surface area contributed by atoms with Crippen LogP contribution in [0.25, 0.3) is 33.7 Å². The van der Waals surface area contributed by atoms with E-state index in [0.29, 0.717) is 43.9 Å². The Kier molecular flexibility index (Phi) is 6.42. The smallest absolute Gasteiger partial charge is 0.337 e. The fourth-order valence-electron chi connectivity index (χ4n) is 4.06. The Bertz CT molecular complexity index is 1410. The van der Waals surface area contributed by atoms with E-state index in [2.05, 4.69) is 4.98 Å². The molecule has 2 N–H and O–H groups in total. The predicted molar refractivity (Wildman–Crippen MR) is 135 cm³/mol. The van der Waals surface area contributed by atoms with E-state index in [1.54, 1.807) is 25.1 Å². The van der Waals surface area contributed by atoms with Crippen molar-refractivity contribution in [2.24, 2.45) is 0 Å². The van der Waals surface area contributed by atoms with Gasteiger partial charge in [-0.1, -0.05) is 41.4 Å². The number of carbonyl (C=O) groups is 1. The van der Waals surface area contributed by atoms with Crippen molar-refractivity contribution >= 4 is 40.2 Å². The van der Waals surface area contributed by atoms with Crippen molar-refractivity contribution in [3.63, 3.8) is 0 Å². The van der Waals surface area contributed by atoms with E-state index in [-0.39, 0.29) is 0 Å². The van der Waals surface area contributed by atoms with Crippen LogP contribution in [0.1, 0.15) is 43.7 Å². The van der Waals surface area contributed by atoms with Gasteiger partial charge in [0.2, 0.25) is 0 Å². The van der Waals surface area contributed by atoms with Crippen molar-refractivity contribution in [3.05, 3.63) is 69.3 Å². The molecule has 8 heteroatoms. The molecule has 4 aromatic rings. The highest BCUT2D eigenvalue weighted by atomic mass is 35.5. The van der Waals surface area contributed by atoms with Crippen LogP contribution in [0.15, 0.2) is 42.5 Å². The van der Waals surface area contributed by atoms with E-state index in [4.69, 9.17) is 37.9 Å². The van der Waals surface area contributed by atoms with E-state index < -0.39 is 17.7 Å². The van der Waals surface area contributed by atoms with Crippen LogP contribution in [0.3, 0.4) is 0 Å². The van der Waals surface area contributed by atoms with Gasteiger partial charge in [-0.3, -0.25) is 0 Å². The molecule has 0 saturated heterocycles. The Hall–Kier alpha value is -2.93. The van der Waals surface area contributed by atoms with E-state index in [1.807, 2.05) is 52.0 Å². The van der Waals surface area contributed by atoms with Crippen molar-refractivity contribution in [2.75, 3.05) is 0 Å². The largest absolute Gasteiger partial charge is 0.479 e. The zero-order valence-electron chi connectivity index (χ0n) is 19.5. The standard InChI is InChI=1S/C26H25Cl2N3O3/c1-13-20(16-8-6-7-9-17(16)28)21(23(25(32)33)34-26(3,4)5)14(2)29-22(13)24-30-18-11-10-15(27)12-19(18)31-24/h6-12,23H,1-5H3,(H,30,31)(H,32,33)/t23-/m0/s1. The van der Waals surface area contributed by atoms with Gasteiger partial charge in [0.15, 0.2) is 11.9 Å². The number of carboxylic acid groups (broad SMARTS) is 1. The highest BCUT2D eigenvalue weighted by molar-refractivity contribution is 6.33. The van der Waals surface area contributed by atoms with Gasteiger partial charge in [-0.15, -0.1) is 0 Å². The molecule has 0 amide bonds. The quantitative estimate of drug-likeness (QED) is 0.305. The van der Waals surface area contributed by atoms with Crippen molar-refractivity contribution < 1.29 is 14.6 Å². The number of nitrogens with one attached hydrogen (secondary N) is 1. The summed E-state index contributed by atoms with van der Waals surface area (Å²) in [6.07, 6.45) is -1.24. The Morgan fingerprint density at radius 1 is 1.09 bits per heavy atom. The van der Waals surface area contributed by atoms with E-state index in [0.717, 1.165) is 16.6 Å². The number of aromatic nitrogens is 3. The minimum absolute atomic E-state index is 0.468. The summed E-state index contributed by atoms with van der Waals surface area (Å²) in [4.78, 5) is 25.2. The highest BCUT2D eigenvalue weighted by Crippen LogP contribution is 2.42. The van der Waals surface area contributed by atoms with Crippen molar-refractivity contribution in [1.29, 1.82) is 0 Å². The summed E-state index contributed by atoms with van der Waals surface area (Å²) in [5, 5.41) is 11.2. The summed E-state index contributed by atoms with van der Waals surface area (Å²) in [6, 6.07) is 12.8. The van der Waals surface area contributed by atoms with Crippen LogP contribution in [-0.4, -0.2) is 31.6 Å². The lowest BCUT2D eigenvalue weighted by molar-refractivity contribution is -0.160. The SMILES string of the molecule is Cc1nc(-c2nc3ccc(Cl)cc3[nH]2)c(C)c(-c2ccccc2Cl)c1[C@H](OC(C)(C)C)C(=O)O. The van der Waals surface area contributed by atoms with Crippen LogP contribution in [0.5, 0.6) is 0 Å². The fourth-order valence-corrected chi connectivity index (χ4v) is 4.46. The molecule has 176 valence electrons. The summed E-state index contributed by atoms with van der Waals surface area (Å²) in [5.41, 5.74) is 4.53. The molecule has 0 aliphatic carbocycles. The molecule has 0 aliphatic heterocycles. The second-order valence-corrected chi connectivity index (χ2v) is 9.98. The van der Waals surface area contributed by atoms with Gasteiger partial charge in [-0.05, 0) is 70.0 Å². The van der Waals surface area contributed by atoms with Crippen LogP contribution in [0, 0.1) is 13.8 Å². The van der Waals surface area contributed by atoms with Gasteiger partial charge in [0.1, 0.15) is 5.69 Å². The average Bonchev–Trinajstić information content (AvgIpc) is 3.16. The predicted octanol–water partition coefficient (Wildman–Crippen LogP) is 7.16. The summed E-state index contributed by atoms with van der Waals surface area (Å²) < 4.78 is 6.01. The number of rotatable bonds is 5. The number of fused-ring (bicyclic) bond motifs is 1. The van der Waals surface area contributed by atoms with Crippen LogP contribution in [0.4, 0.5) is 0 Å². The molecule has 2 aromatic carbocycles. The van der Waals surface area contributed by atoms with Gasteiger partial charge >= 0.3 is 5.97 Å². The maximum atomic E-state index is 12.4. The van der Waals surface area contributed by atoms with Crippen molar-refractivity contribution in [1.82, 2.24) is 15.0 Å². The van der Waals surface area contributed by atoms with Crippen LogP contribution in [-0.2, 0) is 9.53 Å². The Morgan fingerprint density at radius 2 is 1.79 bits per heavy atom. The molecule has 0 saturated carbocycles. The number of nitrogens with zero attached hydrogens (tertiary/aromatic N) is 2.